The molecule has 3 aromatic carbocycles. The lowest BCUT2D eigenvalue weighted by Gasteiger charge is -2.32. The number of rotatable bonds is 13. The molecule has 0 aliphatic heterocycles. The zero-order valence-electron chi connectivity index (χ0n) is 23.5. The summed E-state index contributed by atoms with van der Waals surface area (Å²) in [5, 5.41) is 3.23. The Morgan fingerprint density at radius 3 is 2.20 bits per heavy atom. The molecule has 1 atom stereocenters. The minimum Gasteiger partial charge on any atom is -0.494 e. The normalized spacial score (nSPS) is 12.1. The van der Waals surface area contributed by atoms with Crippen LogP contribution in [0.5, 0.6) is 5.75 Å². The number of nitrogens with one attached hydrogen (secondary N) is 1. The quantitative estimate of drug-likeness (QED) is 0.287. The average Bonchev–Trinajstić information content (AvgIpc) is 2.94. The topological polar surface area (TPSA) is 96.0 Å². The van der Waals surface area contributed by atoms with E-state index in [1.54, 1.807) is 31.2 Å². The third-order valence-corrected chi connectivity index (χ3v) is 8.42. The highest BCUT2D eigenvalue weighted by molar-refractivity contribution is 7.92. The lowest BCUT2D eigenvalue weighted by molar-refractivity contribution is -0.139. The van der Waals surface area contributed by atoms with E-state index in [1.807, 2.05) is 20.8 Å². The van der Waals surface area contributed by atoms with E-state index < -0.39 is 34.3 Å². The van der Waals surface area contributed by atoms with Crippen LogP contribution in [-0.4, -0.2) is 50.9 Å². The van der Waals surface area contributed by atoms with E-state index in [0.29, 0.717) is 29.5 Å². The molecule has 1 N–H and O–H groups in total. The Bertz CT molecular complexity index is 1430. The first kappa shape index (κ1) is 31.9. The maximum Gasteiger partial charge on any atom is 0.264 e. The number of sulfonamides is 1. The molecule has 0 aliphatic rings. The lowest BCUT2D eigenvalue weighted by Crippen LogP contribution is -2.51. The number of halogens is 2. The first-order valence-corrected chi connectivity index (χ1v) is 15.1. The molecule has 0 unspecified atom stereocenters. The van der Waals surface area contributed by atoms with Gasteiger partial charge < -0.3 is 15.0 Å². The maximum atomic E-state index is 13.9. The minimum absolute atomic E-state index is 0.0326. The van der Waals surface area contributed by atoms with Crippen LogP contribution in [-0.2, 0) is 26.2 Å². The van der Waals surface area contributed by atoms with Crippen molar-refractivity contribution in [3.05, 3.63) is 89.2 Å². The predicted molar refractivity (Wildman–Crippen MR) is 158 cm³/mol. The number of carbonyl (C=O) groups excluding carboxylic acids is 2. The van der Waals surface area contributed by atoms with E-state index in [2.05, 4.69) is 5.32 Å². The highest BCUT2D eigenvalue weighted by Gasteiger charge is 2.33. The molecular formula is C30H35ClFN3O5S. The van der Waals surface area contributed by atoms with Crippen molar-refractivity contribution >= 4 is 39.1 Å². The molecule has 2 amide bonds. The zero-order valence-corrected chi connectivity index (χ0v) is 25.1. The van der Waals surface area contributed by atoms with E-state index in [4.69, 9.17) is 16.3 Å². The summed E-state index contributed by atoms with van der Waals surface area (Å²) in [4.78, 5) is 28.2. The van der Waals surface area contributed by atoms with Gasteiger partial charge in [0, 0.05) is 18.1 Å². The molecule has 41 heavy (non-hydrogen) atoms. The van der Waals surface area contributed by atoms with Crippen molar-refractivity contribution in [1.29, 1.82) is 0 Å². The number of amides is 2. The van der Waals surface area contributed by atoms with Crippen molar-refractivity contribution in [2.45, 2.75) is 45.2 Å². The summed E-state index contributed by atoms with van der Waals surface area (Å²) in [5.74, 6) is -0.915. The molecule has 3 rings (SSSR count). The van der Waals surface area contributed by atoms with Gasteiger partial charge >= 0.3 is 0 Å². The van der Waals surface area contributed by atoms with Crippen LogP contribution in [0.2, 0.25) is 5.02 Å². The molecule has 0 bridgehead atoms. The molecule has 0 spiro atoms. The van der Waals surface area contributed by atoms with Crippen LogP contribution in [0.25, 0.3) is 0 Å². The summed E-state index contributed by atoms with van der Waals surface area (Å²) in [7, 11) is -4.29. The van der Waals surface area contributed by atoms with Crippen molar-refractivity contribution in [2.24, 2.45) is 5.92 Å². The van der Waals surface area contributed by atoms with Crippen LogP contribution in [0.3, 0.4) is 0 Å². The molecule has 0 aliphatic carbocycles. The van der Waals surface area contributed by atoms with E-state index in [9.17, 15) is 22.4 Å². The van der Waals surface area contributed by atoms with Gasteiger partial charge in [-0.15, -0.1) is 0 Å². The molecule has 0 fully saturated rings. The van der Waals surface area contributed by atoms with Gasteiger partial charge in [0.25, 0.3) is 10.0 Å². The fourth-order valence-electron chi connectivity index (χ4n) is 3.98. The smallest absolute Gasteiger partial charge is 0.264 e. The summed E-state index contributed by atoms with van der Waals surface area (Å²) in [6.45, 7) is 7.42. The second-order valence-electron chi connectivity index (χ2n) is 9.82. The van der Waals surface area contributed by atoms with Crippen LogP contribution in [0.15, 0.2) is 77.7 Å². The summed E-state index contributed by atoms with van der Waals surface area (Å²) < 4.78 is 47.8. The molecule has 11 heteroatoms. The van der Waals surface area contributed by atoms with Crippen LogP contribution in [0, 0.1) is 11.7 Å². The number of nitrogens with zero attached hydrogens (tertiary/aromatic N) is 2. The molecule has 3 aromatic rings. The van der Waals surface area contributed by atoms with Crippen LogP contribution >= 0.6 is 11.6 Å². The van der Waals surface area contributed by atoms with Crippen LogP contribution < -0.4 is 14.4 Å². The number of ether oxygens (including phenoxy) is 1. The maximum absolute atomic E-state index is 13.9. The fourth-order valence-corrected chi connectivity index (χ4v) is 5.59. The van der Waals surface area contributed by atoms with Gasteiger partial charge in [0.15, 0.2) is 0 Å². The Morgan fingerprint density at radius 1 is 0.976 bits per heavy atom. The van der Waals surface area contributed by atoms with E-state index in [-0.39, 0.29) is 29.0 Å². The highest BCUT2D eigenvalue weighted by Crippen LogP contribution is 2.27. The largest absolute Gasteiger partial charge is 0.494 e. The molecule has 0 saturated carbocycles. The lowest BCUT2D eigenvalue weighted by atomic mass is 10.1. The molecular weight excluding hydrogens is 569 g/mol. The van der Waals surface area contributed by atoms with Crippen molar-refractivity contribution in [1.82, 2.24) is 10.2 Å². The third-order valence-electron chi connectivity index (χ3n) is 6.27. The van der Waals surface area contributed by atoms with Crippen molar-refractivity contribution in [2.75, 3.05) is 24.0 Å². The molecule has 0 radical (unpaired) electrons. The minimum atomic E-state index is -4.29. The molecule has 8 nitrogen and oxygen atoms in total. The summed E-state index contributed by atoms with van der Waals surface area (Å²) in [6.07, 6.45) is 0. The highest BCUT2D eigenvalue weighted by atomic mass is 35.5. The van der Waals surface area contributed by atoms with Crippen molar-refractivity contribution < 1.29 is 27.1 Å². The molecule has 0 saturated heterocycles. The third kappa shape index (κ3) is 8.43. The average molecular weight is 604 g/mol. The van der Waals surface area contributed by atoms with E-state index in [0.717, 1.165) is 16.4 Å². The van der Waals surface area contributed by atoms with Gasteiger partial charge in [-0.05, 0) is 79.9 Å². The standard InChI is InChI=1S/C30H35ClFN3O5S/c1-5-40-26-14-16-27(17-15-26)41(38,39)35(25-12-10-24(32)11-13-25)20-29(36)34(19-23-8-6-7-9-28(23)31)22(4)30(37)33-18-21(2)3/h6-17,21-22H,5,18-20H2,1-4H3,(H,33,37)/t22-/m0/s1. The number of benzene rings is 3. The van der Waals surface area contributed by atoms with Gasteiger partial charge in [-0.1, -0.05) is 43.6 Å². The van der Waals surface area contributed by atoms with Gasteiger partial charge in [-0.3, -0.25) is 13.9 Å². The fraction of sp³-hybridized carbons (Fsp3) is 0.333. The zero-order chi connectivity index (χ0) is 30.2. The van der Waals surface area contributed by atoms with Crippen LogP contribution in [0.4, 0.5) is 10.1 Å². The van der Waals surface area contributed by atoms with Crippen molar-refractivity contribution in [3.8, 4) is 5.75 Å². The number of hydrogen-bond donors (Lipinski definition) is 1. The van der Waals surface area contributed by atoms with E-state index in [1.165, 1.54) is 41.3 Å². The first-order chi connectivity index (χ1) is 19.4. The van der Waals surface area contributed by atoms with E-state index >= 15 is 0 Å². The second-order valence-corrected chi connectivity index (χ2v) is 12.1. The van der Waals surface area contributed by atoms with Gasteiger partial charge in [0.1, 0.15) is 24.2 Å². The Balaban J connectivity index is 2.01. The van der Waals surface area contributed by atoms with Gasteiger partial charge in [-0.25, -0.2) is 12.8 Å². The summed E-state index contributed by atoms with van der Waals surface area (Å²) >= 11 is 6.37. The van der Waals surface area contributed by atoms with Gasteiger partial charge in [0.2, 0.25) is 11.8 Å². The SMILES string of the molecule is CCOc1ccc(S(=O)(=O)N(CC(=O)N(Cc2ccccc2Cl)[C@@H](C)C(=O)NCC(C)C)c2ccc(F)cc2)cc1. The van der Waals surface area contributed by atoms with Gasteiger partial charge in [0.05, 0.1) is 17.2 Å². The van der Waals surface area contributed by atoms with Crippen molar-refractivity contribution in [3.63, 3.8) is 0 Å². The number of hydrogen-bond acceptors (Lipinski definition) is 5. The first-order valence-electron chi connectivity index (χ1n) is 13.3. The molecule has 220 valence electrons. The van der Waals surface area contributed by atoms with Gasteiger partial charge in [-0.2, -0.15) is 0 Å². The monoisotopic (exact) mass is 603 g/mol. The molecule has 0 aromatic heterocycles. The Kier molecular flexibility index (Phi) is 11.1. The summed E-state index contributed by atoms with van der Waals surface area (Å²) in [5.41, 5.74) is 0.678. The molecule has 0 heterocycles. The number of carbonyl (C=O) groups is 2. The Hall–Kier alpha value is -3.63. The predicted octanol–water partition coefficient (Wildman–Crippen LogP) is 5.26. The number of anilines is 1. The van der Waals surface area contributed by atoms with Crippen LogP contribution in [0.1, 0.15) is 33.3 Å². The Labute approximate surface area is 246 Å². The second kappa shape index (κ2) is 14.3. The summed E-state index contributed by atoms with van der Waals surface area (Å²) in [6, 6.07) is 16.6. The Morgan fingerprint density at radius 2 is 1.61 bits per heavy atom.